The van der Waals surface area contributed by atoms with Crippen molar-refractivity contribution < 1.29 is 13.2 Å². The van der Waals surface area contributed by atoms with Gasteiger partial charge in [-0.15, -0.1) is 11.6 Å². The number of hydrogen-bond donors (Lipinski definition) is 0. The van der Waals surface area contributed by atoms with Gasteiger partial charge < -0.3 is 4.90 Å². The lowest BCUT2D eigenvalue weighted by molar-refractivity contribution is -0.119. The third kappa shape index (κ3) is 3.33. The molecule has 2 aromatic rings. The number of rotatable bonds is 4. The van der Waals surface area contributed by atoms with Gasteiger partial charge in [0.25, 0.3) is 0 Å². The molecule has 0 aliphatic carbocycles. The topological polar surface area (TPSA) is 16.1 Å². The van der Waals surface area contributed by atoms with Crippen LogP contribution in [0, 0.1) is 0 Å². The Kier molecular flexibility index (Phi) is 4.38. The molecule has 2 rings (SSSR count). The Morgan fingerprint density at radius 2 is 1.95 bits per heavy atom. The van der Waals surface area contributed by atoms with Crippen LogP contribution in [-0.4, -0.2) is 24.2 Å². The molecule has 0 spiro atoms. The number of hydrogen-bond acceptors (Lipinski definition) is 2. The highest BCUT2D eigenvalue weighted by Gasteiger charge is 2.31. The molecule has 20 heavy (non-hydrogen) atoms. The Labute approximate surface area is 120 Å². The van der Waals surface area contributed by atoms with Gasteiger partial charge in [0.05, 0.1) is 11.4 Å². The fourth-order valence-electron chi connectivity index (χ4n) is 2.07. The minimum absolute atomic E-state index is 0.127. The van der Waals surface area contributed by atoms with Crippen LogP contribution >= 0.6 is 11.6 Å². The maximum atomic E-state index is 12.6. The Hall–Kier alpha value is -1.49. The minimum Gasteiger partial charge on any atom is -0.348 e. The predicted molar refractivity (Wildman–Crippen MR) is 75.2 cm³/mol. The van der Waals surface area contributed by atoms with E-state index in [4.69, 9.17) is 11.6 Å². The van der Waals surface area contributed by atoms with Crippen molar-refractivity contribution in [1.29, 1.82) is 0 Å². The van der Waals surface area contributed by atoms with Gasteiger partial charge in [0.2, 0.25) is 0 Å². The van der Waals surface area contributed by atoms with Crippen molar-refractivity contribution in [3.8, 4) is 0 Å². The number of benzene rings is 1. The molecule has 0 unspecified atom stereocenters. The average molecular weight is 303 g/mol. The Morgan fingerprint density at radius 3 is 2.55 bits per heavy atom. The second kappa shape index (κ2) is 5.87. The number of alkyl halides is 4. The van der Waals surface area contributed by atoms with E-state index >= 15 is 0 Å². The molecule has 0 radical (unpaired) electrons. The van der Waals surface area contributed by atoms with E-state index in [0.717, 1.165) is 5.39 Å². The Morgan fingerprint density at radius 1 is 1.25 bits per heavy atom. The fraction of sp³-hybridized carbons (Fsp3) is 0.357. The Bertz CT molecular complexity index is 598. The lowest BCUT2D eigenvalue weighted by Gasteiger charge is -2.25. The SMILES string of the molecule is CCN(CC(F)(F)F)c1nc2ccccc2cc1CCl. The molecule has 1 heterocycles. The van der Waals surface area contributed by atoms with Crippen molar-refractivity contribution in [3.63, 3.8) is 0 Å². The van der Waals surface area contributed by atoms with Gasteiger partial charge in [-0.2, -0.15) is 13.2 Å². The number of anilines is 1. The fourth-order valence-corrected chi connectivity index (χ4v) is 2.27. The van der Waals surface area contributed by atoms with E-state index in [1.165, 1.54) is 4.90 Å². The summed E-state index contributed by atoms with van der Waals surface area (Å²) in [7, 11) is 0. The molecular formula is C14H14ClF3N2. The van der Waals surface area contributed by atoms with E-state index in [9.17, 15) is 13.2 Å². The highest BCUT2D eigenvalue weighted by Crippen LogP contribution is 2.27. The van der Waals surface area contributed by atoms with Gasteiger partial charge in [-0.25, -0.2) is 4.98 Å². The molecular weight excluding hydrogens is 289 g/mol. The second-order valence-corrected chi connectivity index (χ2v) is 4.69. The van der Waals surface area contributed by atoms with Gasteiger partial charge in [0.1, 0.15) is 12.4 Å². The standard InChI is InChI=1S/C14H14ClF3N2/c1-2-20(9-14(16,17)18)13-11(8-15)7-10-5-3-4-6-12(10)19-13/h3-7H,2,8-9H2,1H3. The lowest BCUT2D eigenvalue weighted by atomic mass is 10.1. The van der Waals surface area contributed by atoms with Crippen molar-refractivity contribution >= 4 is 28.3 Å². The maximum Gasteiger partial charge on any atom is 0.405 e. The molecule has 2 nitrogen and oxygen atoms in total. The van der Waals surface area contributed by atoms with Crippen LogP contribution in [-0.2, 0) is 5.88 Å². The molecule has 0 atom stereocenters. The Balaban J connectivity index is 2.50. The molecule has 1 aromatic carbocycles. The van der Waals surface area contributed by atoms with E-state index in [2.05, 4.69) is 4.98 Å². The van der Waals surface area contributed by atoms with Gasteiger partial charge in [-0.1, -0.05) is 18.2 Å². The molecule has 0 bridgehead atoms. The number of para-hydroxylation sites is 1. The molecule has 0 aliphatic heterocycles. The first-order valence-corrected chi connectivity index (χ1v) is 6.74. The summed E-state index contributed by atoms with van der Waals surface area (Å²) in [6.07, 6.45) is -4.27. The van der Waals surface area contributed by atoms with Crippen molar-refractivity contribution in [3.05, 3.63) is 35.9 Å². The van der Waals surface area contributed by atoms with Gasteiger partial charge in [-0.3, -0.25) is 0 Å². The number of nitrogens with zero attached hydrogens (tertiary/aromatic N) is 2. The third-order valence-electron chi connectivity index (χ3n) is 2.98. The zero-order valence-electron chi connectivity index (χ0n) is 10.9. The number of halogens is 4. The molecule has 0 N–H and O–H groups in total. The van der Waals surface area contributed by atoms with E-state index in [1.807, 2.05) is 12.1 Å². The summed E-state index contributed by atoms with van der Waals surface area (Å²) in [4.78, 5) is 5.54. The van der Waals surface area contributed by atoms with E-state index in [0.29, 0.717) is 16.9 Å². The molecule has 0 saturated heterocycles. The van der Waals surface area contributed by atoms with Crippen molar-refractivity contribution in [2.45, 2.75) is 19.0 Å². The molecule has 0 amide bonds. The average Bonchev–Trinajstić information content (AvgIpc) is 2.42. The van der Waals surface area contributed by atoms with Crippen LogP contribution in [0.2, 0.25) is 0 Å². The quantitative estimate of drug-likeness (QED) is 0.780. The van der Waals surface area contributed by atoms with Gasteiger partial charge in [0.15, 0.2) is 0 Å². The third-order valence-corrected chi connectivity index (χ3v) is 3.26. The van der Waals surface area contributed by atoms with Gasteiger partial charge >= 0.3 is 6.18 Å². The van der Waals surface area contributed by atoms with E-state index in [-0.39, 0.29) is 12.4 Å². The second-order valence-electron chi connectivity index (χ2n) is 4.43. The number of pyridine rings is 1. The minimum atomic E-state index is -4.27. The molecule has 0 fully saturated rings. The number of fused-ring (bicyclic) bond motifs is 1. The molecule has 1 aromatic heterocycles. The summed E-state index contributed by atoms with van der Waals surface area (Å²) in [5.74, 6) is 0.431. The molecule has 0 aliphatic rings. The molecule has 6 heteroatoms. The van der Waals surface area contributed by atoms with Crippen LogP contribution in [0.1, 0.15) is 12.5 Å². The first kappa shape index (κ1) is 14.9. The highest BCUT2D eigenvalue weighted by atomic mass is 35.5. The van der Waals surface area contributed by atoms with Crippen molar-refractivity contribution in [2.24, 2.45) is 0 Å². The van der Waals surface area contributed by atoms with Crippen LogP contribution in [0.15, 0.2) is 30.3 Å². The summed E-state index contributed by atoms with van der Waals surface area (Å²) in [5.41, 5.74) is 1.27. The van der Waals surface area contributed by atoms with Crippen LogP contribution in [0.3, 0.4) is 0 Å². The zero-order valence-corrected chi connectivity index (χ0v) is 11.7. The van der Waals surface area contributed by atoms with E-state index in [1.54, 1.807) is 25.1 Å². The zero-order chi connectivity index (χ0) is 14.8. The summed E-state index contributed by atoms with van der Waals surface area (Å²) in [5, 5.41) is 0.870. The first-order chi connectivity index (χ1) is 9.44. The van der Waals surface area contributed by atoms with Crippen LogP contribution < -0.4 is 4.90 Å². The van der Waals surface area contributed by atoms with E-state index < -0.39 is 12.7 Å². The summed E-state index contributed by atoms with van der Waals surface area (Å²) in [6.45, 7) is 0.855. The largest absolute Gasteiger partial charge is 0.405 e. The van der Waals surface area contributed by atoms with Gasteiger partial charge in [-0.05, 0) is 19.1 Å². The van der Waals surface area contributed by atoms with Crippen molar-refractivity contribution in [1.82, 2.24) is 4.98 Å². The smallest absolute Gasteiger partial charge is 0.348 e. The molecule has 0 saturated carbocycles. The summed E-state index contributed by atoms with van der Waals surface area (Å²) >= 11 is 5.86. The van der Waals surface area contributed by atoms with Crippen LogP contribution in [0.5, 0.6) is 0 Å². The summed E-state index contributed by atoms with van der Waals surface area (Å²) in [6, 6.07) is 9.10. The first-order valence-electron chi connectivity index (χ1n) is 6.21. The maximum absolute atomic E-state index is 12.6. The summed E-state index contributed by atoms with van der Waals surface area (Å²) < 4.78 is 37.9. The van der Waals surface area contributed by atoms with Gasteiger partial charge in [0, 0.05) is 17.5 Å². The van der Waals surface area contributed by atoms with Crippen LogP contribution in [0.25, 0.3) is 10.9 Å². The molecule has 108 valence electrons. The monoisotopic (exact) mass is 302 g/mol. The van der Waals surface area contributed by atoms with Crippen LogP contribution in [0.4, 0.5) is 19.0 Å². The normalized spacial score (nSPS) is 11.8. The van der Waals surface area contributed by atoms with Crippen molar-refractivity contribution in [2.75, 3.05) is 18.0 Å². The number of aromatic nitrogens is 1. The highest BCUT2D eigenvalue weighted by molar-refractivity contribution is 6.17. The predicted octanol–water partition coefficient (Wildman–Crippen LogP) is 4.36. The lowest BCUT2D eigenvalue weighted by Crippen LogP contribution is -2.35.